The lowest BCUT2D eigenvalue weighted by Crippen LogP contribution is -1.88. The van der Waals surface area contributed by atoms with Crippen LogP contribution < -0.4 is 4.62 Å². The van der Waals surface area contributed by atoms with Crippen molar-refractivity contribution in [1.82, 2.24) is 4.98 Å². The van der Waals surface area contributed by atoms with Crippen molar-refractivity contribution in [2.75, 3.05) is 13.3 Å². The quantitative estimate of drug-likeness (QED) is 0.598. The molecule has 0 aliphatic rings. The van der Waals surface area contributed by atoms with Crippen molar-refractivity contribution in [2.45, 2.75) is 13.8 Å². The van der Waals surface area contributed by atoms with Gasteiger partial charge >= 0.3 is 0 Å². The van der Waals surface area contributed by atoms with Crippen LogP contribution in [0.5, 0.6) is 0 Å². The summed E-state index contributed by atoms with van der Waals surface area (Å²) in [4.78, 5) is 3.98. The van der Waals surface area contributed by atoms with Crippen molar-refractivity contribution < 1.29 is 0 Å². The average molecular weight is 175 g/mol. The summed E-state index contributed by atoms with van der Waals surface area (Å²) in [7, 11) is 0.0975. The van der Waals surface area contributed by atoms with Crippen LogP contribution in [0.3, 0.4) is 0 Å². The fraction of sp³-hybridized carbons (Fsp3) is 0.571. The van der Waals surface area contributed by atoms with Crippen LogP contribution >= 0.6 is 19.3 Å². The molecule has 1 nitrogen and oxygen atoms in total. The molecule has 1 aromatic rings. The lowest BCUT2D eigenvalue weighted by atomic mass is 11.0. The van der Waals surface area contributed by atoms with Gasteiger partial charge in [0.05, 0.1) is 5.51 Å². The van der Waals surface area contributed by atoms with E-state index < -0.39 is 0 Å². The van der Waals surface area contributed by atoms with Gasteiger partial charge in [0.25, 0.3) is 0 Å². The van der Waals surface area contributed by atoms with Crippen molar-refractivity contribution in [3.8, 4) is 0 Å². The second-order valence-electron chi connectivity index (χ2n) is 1.73. The SMILES string of the molecule is CC.CP(C)c1cncs1. The van der Waals surface area contributed by atoms with Crippen molar-refractivity contribution >= 4 is 23.9 Å². The van der Waals surface area contributed by atoms with Gasteiger partial charge in [-0.05, 0) is 13.3 Å². The normalized spacial score (nSPS) is 8.90. The van der Waals surface area contributed by atoms with Crippen molar-refractivity contribution in [2.24, 2.45) is 0 Å². The van der Waals surface area contributed by atoms with E-state index in [0.717, 1.165) is 0 Å². The smallest absolute Gasteiger partial charge is 0.0798 e. The first-order valence-corrected chi connectivity index (χ1v) is 6.48. The number of hydrogen-bond donors (Lipinski definition) is 0. The monoisotopic (exact) mass is 175 g/mol. The Labute approximate surface area is 68.3 Å². The van der Waals surface area contributed by atoms with E-state index in [2.05, 4.69) is 18.3 Å². The molecule has 0 amide bonds. The molecule has 0 radical (unpaired) electrons. The first-order valence-electron chi connectivity index (χ1n) is 3.36. The fourth-order valence-corrected chi connectivity index (χ4v) is 2.06. The second kappa shape index (κ2) is 5.82. The molecule has 0 aliphatic heterocycles. The number of rotatable bonds is 1. The minimum atomic E-state index is 0.0975. The van der Waals surface area contributed by atoms with E-state index in [-0.39, 0.29) is 7.92 Å². The molecule has 3 heteroatoms. The number of thiazole rings is 1. The summed E-state index contributed by atoms with van der Waals surface area (Å²) in [5, 5.41) is 0. The molecule has 0 aromatic carbocycles. The third-order valence-corrected chi connectivity index (χ3v) is 3.84. The van der Waals surface area contributed by atoms with Gasteiger partial charge in [-0.3, -0.25) is 4.98 Å². The molecule has 0 fully saturated rings. The molecule has 0 aliphatic carbocycles. The molecule has 58 valence electrons. The maximum absolute atomic E-state index is 3.98. The van der Waals surface area contributed by atoms with E-state index in [1.54, 1.807) is 11.3 Å². The molecule has 0 N–H and O–H groups in total. The topological polar surface area (TPSA) is 12.9 Å². The Morgan fingerprint density at radius 2 is 2.00 bits per heavy atom. The van der Waals surface area contributed by atoms with E-state index in [1.807, 2.05) is 25.6 Å². The molecule has 0 bridgehead atoms. The lowest BCUT2D eigenvalue weighted by Gasteiger charge is -1.95. The summed E-state index contributed by atoms with van der Waals surface area (Å²) in [5.74, 6) is 0. The summed E-state index contributed by atoms with van der Waals surface area (Å²) < 4.78 is 1.43. The van der Waals surface area contributed by atoms with Crippen LogP contribution in [-0.2, 0) is 0 Å². The van der Waals surface area contributed by atoms with Crippen molar-refractivity contribution in [1.29, 1.82) is 0 Å². The Hall–Kier alpha value is 0.0600. The zero-order valence-corrected chi connectivity index (χ0v) is 8.67. The zero-order valence-electron chi connectivity index (χ0n) is 6.96. The molecule has 1 heterocycles. The summed E-state index contributed by atoms with van der Waals surface area (Å²) in [5.41, 5.74) is 1.89. The van der Waals surface area contributed by atoms with Crippen LogP contribution in [0.1, 0.15) is 13.8 Å². The lowest BCUT2D eigenvalue weighted by molar-refractivity contribution is 1.44. The van der Waals surface area contributed by atoms with Crippen LogP contribution in [0.25, 0.3) is 0 Å². The number of nitrogens with zero attached hydrogens (tertiary/aromatic N) is 1. The first kappa shape index (κ1) is 10.1. The van der Waals surface area contributed by atoms with E-state index in [0.29, 0.717) is 0 Å². The largest absolute Gasteiger partial charge is 0.252 e. The maximum Gasteiger partial charge on any atom is 0.0798 e. The molecular formula is C7H14NPS. The van der Waals surface area contributed by atoms with Gasteiger partial charge < -0.3 is 0 Å². The van der Waals surface area contributed by atoms with Gasteiger partial charge in [-0.25, -0.2) is 0 Å². The van der Waals surface area contributed by atoms with Gasteiger partial charge in [-0.15, -0.1) is 11.3 Å². The molecule has 0 saturated heterocycles. The van der Waals surface area contributed by atoms with Gasteiger partial charge in [-0.1, -0.05) is 21.8 Å². The molecule has 10 heavy (non-hydrogen) atoms. The van der Waals surface area contributed by atoms with E-state index in [1.165, 1.54) is 4.62 Å². The van der Waals surface area contributed by atoms with Gasteiger partial charge in [0.15, 0.2) is 0 Å². The van der Waals surface area contributed by atoms with Crippen LogP contribution in [-0.4, -0.2) is 18.3 Å². The van der Waals surface area contributed by atoms with Crippen LogP contribution in [0.4, 0.5) is 0 Å². The number of hydrogen-bond acceptors (Lipinski definition) is 2. The Kier molecular flexibility index (Phi) is 5.85. The first-order chi connectivity index (χ1) is 4.80. The molecule has 0 unspecified atom stereocenters. The van der Waals surface area contributed by atoms with E-state index in [4.69, 9.17) is 0 Å². The summed E-state index contributed by atoms with van der Waals surface area (Å²) in [6, 6.07) is 0. The third-order valence-electron chi connectivity index (χ3n) is 0.860. The van der Waals surface area contributed by atoms with Crippen molar-refractivity contribution in [3.05, 3.63) is 11.7 Å². The fourth-order valence-electron chi connectivity index (χ4n) is 0.430. The zero-order chi connectivity index (χ0) is 7.98. The minimum absolute atomic E-state index is 0.0975. The Bertz CT molecular complexity index is 149. The molecule has 0 atom stereocenters. The van der Waals surface area contributed by atoms with E-state index >= 15 is 0 Å². The highest BCUT2D eigenvalue weighted by Gasteiger charge is 1.96. The van der Waals surface area contributed by atoms with Crippen molar-refractivity contribution in [3.63, 3.8) is 0 Å². The molecular weight excluding hydrogens is 161 g/mol. The highest BCUT2D eigenvalue weighted by atomic mass is 32.1. The average Bonchev–Trinajstić information content (AvgIpc) is 2.42. The number of aromatic nitrogens is 1. The molecule has 0 saturated carbocycles. The molecule has 1 aromatic heterocycles. The van der Waals surface area contributed by atoms with E-state index in [9.17, 15) is 0 Å². The molecule has 1 rings (SSSR count). The predicted molar refractivity (Wildman–Crippen MR) is 51.9 cm³/mol. The predicted octanol–water partition coefficient (Wildman–Crippen LogP) is 2.54. The highest BCUT2D eigenvalue weighted by molar-refractivity contribution is 7.70. The van der Waals surface area contributed by atoms with Gasteiger partial charge in [0, 0.05) is 10.8 Å². The maximum atomic E-state index is 3.98. The second-order valence-corrected chi connectivity index (χ2v) is 5.19. The Morgan fingerprint density at radius 1 is 1.40 bits per heavy atom. The Balaban J connectivity index is 0.000000371. The summed E-state index contributed by atoms with van der Waals surface area (Å²) in [6.07, 6.45) is 1.95. The van der Waals surface area contributed by atoms with Gasteiger partial charge in [0.2, 0.25) is 0 Å². The standard InChI is InChI=1S/C5H8NPS.C2H6/c1-7(2)5-3-6-4-8-5;1-2/h3-4H,1-2H3;1-2H3. The summed E-state index contributed by atoms with van der Waals surface area (Å²) in [6.45, 7) is 8.48. The molecule has 0 spiro atoms. The Morgan fingerprint density at radius 3 is 2.20 bits per heavy atom. The van der Waals surface area contributed by atoms with Crippen LogP contribution in [0.15, 0.2) is 11.7 Å². The van der Waals surface area contributed by atoms with Gasteiger partial charge in [0.1, 0.15) is 0 Å². The third kappa shape index (κ3) is 3.28. The van der Waals surface area contributed by atoms with Crippen LogP contribution in [0, 0.1) is 0 Å². The van der Waals surface area contributed by atoms with Crippen LogP contribution in [0.2, 0.25) is 0 Å². The van der Waals surface area contributed by atoms with Gasteiger partial charge in [-0.2, -0.15) is 0 Å². The highest BCUT2D eigenvalue weighted by Crippen LogP contribution is 2.24. The minimum Gasteiger partial charge on any atom is -0.252 e. The summed E-state index contributed by atoms with van der Waals surface area (Å²) >= 11 is 1.75.